The minimum atomic E-state index is -4.73. The van der Waals surface area contributed by atoms with Crippen molar-refractivity contribution >= 4 is 44.2 Å². The number of hydrogen-bond acceptors (Lipinski definition) is 5. The number of sulfonamides is 1. The highest BCUT2D eigenvalue weighted by molar-refractivity contribution is 7.92. The molecule has 0 aliphatic rings. The second-order valence-electron chi connectivity index (χ2n) is 6.59. The number of nitrogens with zero attached hydrogens (tertiary/aromatic N) is 2. The lowest BCUT2D eigenvalue weighted by molar-refractivity contribution is 0.550. The number of anilines is 2. The van der Waals surface area contributed by atoms with E-state index in [4.69, 9.17) is 17.3 Å². The molecule has 0 radical (unpaired) electrons. The van der Waals surface area contributed by atoms with Crippen molar-refractivity contribution < 1.29 is 26.0 Å². The molecule has 0 bridgehead atoms. The van der Waals surface area contributed by atoms with Crippen LogP contribution >= 0.6 is 11.6 Å². The lowest BCUT2D eigenvalue weighted by Crippen LogP contribution is -2.16. The van der Waals surface area contributed by atoms with Crippen molar-refractivity contribution in [2.45, 2.75) is 4.90 Å². The van der Waals surface area contributed by atoms with Crippen LogP contribution in [0.5, 0.6) is 0 Å². The van der Waals surface area contributed by atoms with Gasteiger partial charge >= 0.3 is 0 Å². The lowest BCUT2D eigenvalue weighted by Gasteiger charge is -2.13. The zero-order valence-electron chi connectivity index (χ0n) is 15.7. The van der Waals surface area contributed by atoms with Crippen LogP contribution in [0.25, 0.3) is 22.0 Å². The SMILES string of the molecule is Nc1ncc2cc(-c3c(F)ccc(NS(=O)(=O)c4cc(Cl)c(F)cc4F)c3F)ccc2n1. The van der Waals surface area contributed by atoms with E-state index in [1.54, 1.807) is 0 Å². The predicted octanol–water partition coefficient (Wildman–Crippen LogP) is 4.89. The monoisotopic (exact) mass is 482 g/mol. The molecule has 0 unspecified atom stereocenters. The third-order valence-corrected chi connectivity index (χ3v) is 6.16. The molecule has 0 saturated carbocycles. The minimum Gasteiger partial charge on any atom is -0.368 e. The second-order valence-corrected chi connectivity index (χ2v) is 8.65. The lowest BCUT2D eigenvalue weighted by atomic mass is 10.0. The van der Waals surface area contributed by atoms with Crippen molar-refractivity contribution in [3.05, 3.63) is 77.0 Å². The second kappa shape index (κ2) is 7.92. The van der Waals surface area contributed by atoms with E-state index >= 15 is 4.39 Å². The van der Waals surface area contributed by atoms with Gasteiger partial charge in [-0.15, -0.1) is 0 Å². The molecule has 0 aliphatic heterocycles. The van der Waals surface area contributed by atoms with Crippen LogP contribution in [0.4, 0.5) is 29.2 Å². The summed E-state index contributed by atoms with van der Waals surface area (Å²) in [6.45, 7) is 0. The highest BCUT2D eigenvalue weighted by atomic mass is 35.5. The van der Waals surface area contributed by atoms with E-state index in [2.05, 4.69) is 9.97 Å². The summed E-state index contributed by atoms with van der Waals surface area (Å²) in [5, 5.41) is -0.212. The Balaban J connectivity index is 1.79. The van der Waals surface area contributed by atoms with Crippen LogP contribution in [-0.2, 0) is 10.0 Å². The van der Waals surface area contributed by atoms with Gasteiger partial charge in [0.1, 0.15) is 22.3 Å². The van der Waals surface area contributed by atoms with E-state index in [1.807, 2.05) is 4.72 Å². The number of nitrogen functional groups attached to an aromatic ring is 1. The highest BCUT2D eigenvalue weighted by Gasteiger charge is 2.25. The third-order valence-electron chi connectivity index (χ3n) is 4.49. The molecule has 0 atom stereocenters. The third kappa shape index (κ3) is 3.92. The smallest absolute Gasteiger partial charge is 0.264 e. The van der Waals surface area contributed by atoms with Gasteiger partial charge in [-0.25, -0.2) is 35.9 Å². The molecule has 0 spiro atoms. The molecular weight excluding hydrogens is 472 g/mol. The average molecular weight is 483 g/mol. The fraction of sp³-hybridized carbons (Fsp3) is 0. The molecule has 4 rings (SSSR count). The number of hydrogen-bond donors (Lipinski definition) is 2. The molecule has 0 saturated heterocycles. The van der Waals surface area contributed by atoms with Gasteiger partial charge in [0.15, 0.2) is 5.82 Å². The molecule has 1 heterocycles. The normalized spacial score (nSPS) is 11.7. The molecule has 3 aromatic carbocycles. The van der Waals surface area contributed by atoms with Crippen molar-refractivity contribution in [1.82, 2.24) is 9.97 Å². The van der Waals surface area contributed by atoms with Crippen molar-refractivity contribution in [3.63, 3.8) is 0 Å². The van der Waals surface area contributed by atoms with E-state index in [0.29, 0.717) is 17.0 Å². The molecule has 4 aromatic rings. The van der Waals surface area contributed by atoms with Gasteiger partial charge in [-0.3, -0.25) is 4.72 Å². The van der Waals surface area contributed by atoms with Gasteiger partial charge in [0.2, 0.25) is 5.95 Å². The molecule has 164 valence electrons. The summed E-state index contributed by atoms with van der Waals surface area (Å²) < 4.78 is 84.0. The summed E-state index contributed by atoms with van der Waals surface area (Å²) in [5.74, 6) is -4.81. The molecule has 12 heteroatoms. The maximum Gasteiger partial charge on any atom is 0.264 e. The van der Waals surface area contributed by atoms with Gasteiger partial charge < -0.3 is 5.73 Å². The van der Waals surface area contributed by atoms with E-state index in [9.17, 15) is 21.6 Å². The Morgan fingerprint density at radius 2 is 1.69 bits per heavy atom. The fourth-order valence-electron chi connectivity index (χ4n) is 3.01. The molecule has 6 nitrogen and oxygen atoms in total. The van der Waals surface area contributed by atoms with Crippen molar-refractivity contribution in [2.24, 2.45) is 0 Å². The Labute approximate surface area is 183 Å². The highest BCUT2D eigenvalue weighted by Crippen LogP contribution is 2.34. The van der Waals surface area contributed by atoms with Crippen LogP contribution < -0.4 is 10.5 Å². The first-order chi connectivity index (χ1) is 15.1. The fourth-order valence-corrected chi connectivity index (χ4v) is 4.38. The van der Waals surface area contributed by atoms with Crippen molar-refractivity contribution in [1.29, 1.82) is 0 Å². The summed E-state index contributed by atoms with van der Waals surface area (Å²) in [4.78, 5) is 6.81. The summed E-state index contributed by atoms with van der Waals surface area (Å²) in [5.41, 5.74) is 4.82. The average Bonchev–Trinajstić information content (AvgIpc) is 2.72. The molecule has 32 heavy (non-hydrogen) atoms. The van der Waals surface area contributed by atoms with Gasteiger partial charge in [0, 0.05) is 17.6 Å². The van der Waals surface area contributed by atoms with Crippen LogP contribution in [-0.4, -0.2) is 18.4 Å². The van der Waals surface area contributed by atoms with Gasteiger partial charge in [0.05, 0.1) is 21.8 Å². The Morgan fingerprint density at radius 3 is 2.44 bits per heavy atom. The number of nitrogens with one attached hydrogen (secondary N) is 1. The maximum absolute atomic E-state index is 15.2. The maximum atomic E-state index is 15.2. The molecule has 3 N–H and O–H groups in total. The Bertz CT molecular complexity index is 1500. The van der Waals surface area contributed by atoms with Crippen LogP contribution in [0, 0.1) is 23.3 Å². The molecule has 1 aromatic heterocycles. The van der Waals surface area contributed by atoms with E-state index in [0.717, 1.165) is 12.1 Å². The summed E-state index contributed by atoms with van der Waals surface area (Å²) in [7, 11) is -4.73. The predicted molar refractivity (Wildman–Crippen MR) is 111 cm³/mol. The molecule has 0 aliphatic carbocycles. The van der Waals surface area contributed by atoms with Crippen molar-refractivity contribution in [2.75, 3.05) is 10.5 Å². The quantitative estimate of drug-likeness (QED) is 0.319. The van der Waals surface area contributed by atoms with Gasteiger partial charge in [0.25, 0.3) is 10.0 Å². The van der Waals surface area contributed by atoms with Crippen LogP contribution in [0.3, 0.4) is 0 Å². The van der Waals surface area contributed by atoms with Crippen LogP contribution in [0.2, 0.25) is 5.02 Å². The minimum absolute atomic E-state index is 0.0205. The van der Waals surface area contributed by atoms with E-state index < -0.39 is 54.5 Å². The summed E-state index contributed by atoms with van der Waals surface area (Å²) in [6, 6.07) is 6.74. The van der Waals surface area contributed by atoms with E-state index in [1.165, 1.54) is 24.4 Å². The summed E-state index contributed by atoms with van der Waals surface area (Å²) in [6.07, 6.45) is 1.37. The number of fused-ring (bicyclic) bond motifs is 1. The van der Waals surface area contributed by atoms with Crippen molar-refractivity contribution in [3.8, 4) is 11.1 Å². The molecule has 0 amide bonds. The number of halogens is 5. The van der Waals surface area contributed by atoms with Crippen LogP contribution in [0.1, 0.15) is 0 Å². The van der Waals surface area contributed by atoms with E-state index in [-0.39, 0.29) is 17.6 Å². The van der Waals surface area contributed by atoms with Gasteiger partial charge in [-0.05, 0) is 35.9 Å². The summed E-state index contributed by atoms with van der Waals surface area (Å²) >= 11 is 5.53. The number of nitrogens with two attached hydrogens (primary N) is 1. The molecular formula is C20H11ClF4N4O2S. The molecule has 0 fully saturated rings. The number of benzene rings is 3. The first-order valence-electron chi connectivity index (χ1n) is 8.75. The Hall–Kier alpha value is -3.44. The zero-order chi connectivity index (χ0) is 23.2. The Kier molecular flexibility index (Phi) is 5.39. The first kappa shape index (κ1) is 21.8. The largest absolute Gasteiger partial charge is 0.368 e. The van der Waals surface area contributed by atoms with Gasteiger partial charge in [-0.1, -0.05) is 17.7 Å². The Morgan fingerprint density at radius 1 is 0.938 bits per heavy atom. The van der Waals surface area contributed by atoms with Crippen LogP contribution in [0.15, 0.2) is 53.6 Å². The first-order valence-corrected chi connectivity index (χ1v) is 10.6. The zero-order valence-corrected chi connectivity index (χ0v) is 17.3. The number of rotatable bonds is 4. The number of aromatic nitrogens is 2. The van der Waals surface area contributed by atoms with Gasteiger partial charge in [-0.2, -0.15) is 0 Å². The standard InChI is InChI=1S/C20H11ClF4N4O2S/c21-11-6-17(14(24)7-13(11)23)32(30,31)29-16-4-2-12(22)18(19(16)25)9-1-3-15-10(5-9)8-27-20(26)28-15/h1-8,29H,(H2,26,27,28). The topological polar surface area (TPSA) is 98.0 Å².